The zero-order valence-corrected chi connectivity index (χ0v) is 13.5. The smallest absolute Gasteiger partial charge is 0.234 e. The zero-order valence-electron chi connectivity index (χ0n) is 13.5. The first kappa shape index (κ1) is 14.6. The third-order valence-corrected chi connectivity index (χ3v) is 4.66. The molecule has 0 atom stereocenters. The maximum absolute atomic E-state index is 4.85. The molecule has 0 saturated carbocycles. The van der Waals surface area contributed by atoms with E-state index in [-0.39, 0.29) is 0 Å². The van der Waals surface area contributed by atoms with Gasteiger partial charge in [0.2, 0.25) is 5.78 Å². The number of hydrogen-bond donors (Lipinski definition) is 0. The molecule has 114 valence electrons. The molecule has 0 unspecified atom stereocenters. The number of nitrogens with zero attached hydrogens (tertiary/aromatic N) is 3. The summed E-state index contributed by atoms with van der Waals surface area (Å²) in [5.74, 6) is 0.910. The van der Waals surface area contributed by atoms with E-state index in [1.54, 1.807) is 0 Å². The molecule has 0 fully saturated rings. The third-order valence-electron chi connectivity index (χ3n) is 4.66. The van der Waals surface area contributed by atoms with Crippen molar-refractivity contribution in [3.8, 4) is 0 Å². The van der Waals surface area contributed by atoms with Crippen molar-refractivity contribution in [1.29, 1.82) is 0 Å². The van der Waals surface area contributed by atoms with Crippen LogP contribution in [0.4, 0.5) is 0 Å². The van der Waals surface area contributed by atoms with Gasteiger partial charge in [-0.05, 0) is 45.6 Å². The largest absolute Gasteiger partial charge is 0.285 e. The lowest BCUT2D eigenvalue weighted by molar-refractivity contribution is 0.555. The fourth-order valence-corrected chi connectivity index (χ4v) is 3.59. The molecule has 0 bridgehead atoms. The van der Waals surface area contributed by atoms with Gasteiger partial charge >= 0.3 is 0 Å². The lowest BCUT2D eigenvalue weighted by atomic mass is 10.0. The van der Waals surface area contributed by atoms with Gasteiger partial charge in [0, 0.05) is 17.1 Å². The molecular formula is C18H27N3. The van der Waals surface area contributed by atoms with Gasteiger partial charge in [-0.1, -0.05) is 38.5 Å². The Kier molecular flexibility index (Phi) is 4.57. The zero-order chi connectivity index (χ0) is 14.7. The summed E-state index contributed by atoms with van der Waals surface area (Å²) < 4.78 is 2.30. The van der Waals surface area contributed by atoms with Gasteiger partial charge in [0.05, 0.1) is 5.69 Å². The van der Waals surface area contributed by atoms with Gasteiger partial charge in [-0.15, -0.1) is 0 Å². The summed E-state index contributed by atoms with van der Waals surface area (Å²) >= 11 is 0. The van der Waals surface area contributed by atoms with Crippen molar-refractivity contribution in [2.24, 2.45) is 0 Å². The van der Waals surface area contributed by atoms with E-state index in [1.165, 1.54) is 68.4 Å². The van der Waals surface area contributed by atoms with Crippen molar-refractivity contribution in [3.63, 3.8) is 0 Å². The molecule has 1 aliphatic carbocycles. The molecule has 3 rings (SSSR count). The minimum atomic E-state index is 0.910. The number of fused-ring (bicyclic) bond motifs is 3. The normalized spacial score (nSPS) is 18.0. The molecule has 0 spiro atoms. The van der Waals surface area contributed by atoms with E-state index in [9.17, 15) is 0 Å². The molecule has 2 aromatic heterocycles. The molecule has 0 aliphatic heterocycles. The third kappa shape index (κ3) is 3.28. The first-order chi connectivity index (χ1) is 10.3. The van der Waals surface area contributed by atoms with Crippen LogP contribution in [-0.2, 0) is 12.8 Å². The fraction of sp³-hybridized carbons (Fsp3) is 0.667. The highest BCUT2D eigenvalue weighted by atomic mass is 15.1. The first-order valence-electron chi connectivity index (χ1n) is 8.60. The highest BCUT2D eigenvalue weighted by Gasteiger charge is 2.15. The van der Waals surface area contributed by atoms with Gasteiger partial charge in [0.1, 0.15) is 0 Å². The number of rotatable bonds is 0. The van der Waals surface area contributed by atoms with E-state index in [4.69, 9.17) is 4.98 Å². The van der Waals surface area contributed by atoms with Crippen LogP contribution in [0.5, 0.6) is 0 Å². The SMILES string of the molecule is Cc1cc(C)n2c3c(nc2n1)CCCCCCCCCC3. The molecule has 21 heavy (non-hydrogen) atoms. The summed E-state index contributed by atoms with van der Waals surface area (Å²) in [6.07, 6.45) is 13.1. The summed E-state index contributed by atoms with van der Waals surface area (Å²) in [5.41, 5.74) is 5.08. The van der Waals surface area contributed by atoms with Crippen LogP contribution in [0, 0.1) is 13.8 Å². The van der Waals surface area contributed by atoms with E-state index in [0.29, 0.717) is 0 Å². The maximum atomic E-state index is 4.85. The van der Waals surface area contributed by atoms with Crippen LogP contribution in [0.25, 0.3) is 5.78 Å². The molecule has 0 amide bonds. The first-order valence-corrected chi connectivity index (χ1v) is 8.60. The molecule has 0 N–H and O–H groups in total. The standard InChI is InChI=1S/C18H27N3/c1-14-13-15(2)21-17-12-10-8-6-4-3-5-7-9-11-16(17)20-18(21)19-14/h13H,3-12H2,1-2H3. The van der Waals surface area contributed by atoms with Crippen molar-refractivity contribution in [2.45, 2.75) is 78.1 Å². The monoisotopic (exact) mass is 285 g/mol. The minimum absolute atomic E-state index is 0.910. The average molecular weight is 285 g/mol. The van der Waals surface area contributed by atoms with Crippen LogP contribution in [-0.4, -0.2) is 14.4 Å². The van der Waals surface area contributed by atoms with Crippen molar-refractivity contribution >= 4 is 5.78 Å². The van der Waals surface area contributed by atoms with E-state index in [2.05, 4.69) is 29.3 Å². The Balaban J connectivity index is 1.97. The van der Waals surface area contributed by atoms with Gasteiger partial charge in [-0.3, -0.25) is 4.40 Å². The lowest BCUT2D eigenvalue weighted by Gasteiger charge is -2.09. The van der Waals surface area contributed by atoms with Crippen LogP contribution in [0.2, 0.25) is 0 Å². The molecule has 0 saturated heterocycles. The molecule has 0 aromatic carbocycles. The molecule has 1 aliphatic rings. The average Bonchev–Trinajstić information content (AvgIpc) is 2.76. The van der Waals surface area contributed by atoms with Crippen LogP contribution >= 0.6 is 0 Å². The topological polar surface area (TPSA) is 30.2 Å². The summed E-state index contributed by atoms with van der Waals surface area (Å²) in [7, 11) is 0. The molecular weight excluding hydrogens is 258 g/mol. The Bertz CT molecular complexity index is 612. The second kappa shape index (κ2) is 6.59. The minimum Gasteiger partial charge on any atom is -0.285 e. The Hall–Kier alpha value is -1.38. The van der Waals surface area contributed by atoms with E-state index in [1.807, 2.05) is 0 Å². The lowest BCUT2D eigenvalue weighted by Crippen LogP contribution is -2.03. The summed E-state index contributed by atoms with van der Waals surface area (Å²) in [6, 6.07) is 2.17. The summed E-state index contributed by atoms with van der Waals surface area (Å²) in [4.78, 5) is 9.49. The Morgan fingerprint density at radius 2 is 1.43 bits per heavy atom. The molecule has 3 nitrogen and oxygen atoms in total. The Morgan fingerprint density at radius 3 is 2.14 bits per heavy atom. The quantitative estimate of drug-likeness (QED) is 0.710. The second-order valence-electron chi connectivity index (χ2n) is 6.51. The van der Waals surface area contributed by atoms with Gasteiger partial charge in [0.25, 0.3) is 0 Å². The Labute approximate surface area is 127 Å². The van der Waals surface area contributed by atoms with Gasteiger partial charge in [-0.2, -0.15) is 0 Å². The van der Waals surface area contributed by atoms with Crippen molar-refractivity contribution in [1.82, 2.24) is 14.4 Å². The van der Waals surface area contributed by atoms with E-state index >= 15 is 0 Å². The number of hydrogen-bond acceptors (Lipinski definition) is 2. The molecule has 2 heterocycles. The van der Waals surface area contributed by atoms with Crippen LogP contribution < -0.4 is 0 Å². The van der Waals surface area contributed by atoms with Crippen LogP contribution in [0.1, 0.15) is 74.1 Å². The van der Waals surface area contributed by atoms with E-state index in [0.717, 1.165) is 24.3 Å². The molecule has 2 aromatic rings. The summed E-state index contributed by atoms with van der Waals surface area (Å²) in [5, 5.41) is 0. The van der Waals surface area contributed by atoms with Gasteiger partial charge < -0.3 is 0 Å². The van der Waals surface area contributed by atoms with Crippen LogP contribution in [0.15, 0.2) is 6.07 Å². The predicted octanol–water partition coefficient (Wildman–Crippen LogP) is 4.57. The summed E-state index contributed by atoms with van der Waals surface area (Å²) in [6.45, 7) is 4.24. The van der Waals surface area contributed by atoms with Gasteiger partial charge in [0.15, 0.2) is 0 Å². The number of aryl methyl sites for hydroxylation is 4. The Morgan fingerprint density at radius 1 is 0.810 bits per heavy atom. The second-order valence-corrected chi connectivity index (χ2v) is 6.51. The highest BCUT2D eigenvalue weighted by molar-refractivity contribution is 5.39. The van der Waals surface area contributed by atoms with Gasteiger partial charge in [-0.25, -0.2) is 9.97 Å². The fourth-order valence-electron chi connectivity index (χ4n) is 3.59. The van der Waals surface area contributed by atoms with Crippen molar-refractivity contribution in [3.05, 3.63) is 28.8 Å². The number of aromatic nitrogens is 3. The predicted molar refractivity (Wildman–Crippen MR) is 86.8 cm³/mol. The number of imidazole rings is 1. The van der Waals surface area contributed by atoms with Crippen LogP contribution in [0.3, 0.4) is 0 Å². The molecule has 3 heteroatoms. The van der Waals surface area contributed by atoms with Crippen molar-refractivity contribution < 1.29 is 0 Å². The van der Waals surface area contributed by atoms with Crippen molar-refractivity contribution in [2.75, 3.05) is 0 Å². The maximum Gasteiger partial charge on any atom is 0.234 e. The molecule has 0 radical (unpaired) electrons. The highest BCUT2D eigenvalue weighted by Crippen LogP contribution is 2.21. The van der Waals surface area contributed by atoms with E-state index < -0.39 is 0 Å².